The van der Waals surface area contributed by atoms with E-state index in [0.717, 1.165) is 31.1 Å². The monoisotopic (exact) mass is 233 g/mol. The summed E-state index contributed by atoms with van der Waals surface area (Å²) < 4.78 is 5.14. The Hall–Kier alpha value is -1.73. The quantitative estimate of drug-likeness (QED) is 0.815. The molecule has 92 valence electrons. The first-order valence-corrected chi connectivity index (χ1v) is 5.71. The van der Waals surface area contributed by atoms with E-state index in [1.165, 1.54) is 0 Å². The predicted octanol–water partition coefficient (Wildman–Crippen LogP) is 1.93. The highest BCUT2D eigenvalue weighted by molar-refractivity contribution is 5.60. The largest absolute Gasteiger partial charge is 0.497 e. The third-order valence-corrected chi connectivity index (χ3v) is 2.70. The van der Waals surface area contributed by atoms with E-state index in [-0.39, 0.29) is 0 Å². The average molecular weight is 233 g/mol. The topological polar surface area (TPSA) is 48.3 Å². The first-order chi connectivity index (χ1) is 8.21. The molecule has 4 nitrogen and oxygen atoms in total. The van der Waals surface area contributed by atoms with Crippen molar-refractivity contribution in [2.75, 3.05) is 39.1 Å². The smallest absolute Gasteiger partial charge is 0.121 e. The standard InChI is InChI=1S/C13H19N3O/c1-4-16(2)8-7-15-13-9-12(17-3)6-5-11(13)10-14/h5-6,9,15H,4,7-8H2,1-3H3. The molecule has 0 aliphatic rings. The molecule has 17 heavy (non-hydrogen) atoms. The molecule has 0 atom stereocenters. The third kappa shape index (κ3) is 3.97. The van der Waals surface area contributed by atoms with Gasteiger partial charge in [0.1, 0.15) is 11.8 Å². The van der Waals surface area contributed by atoms with Crippen molar-refractivity contribution in [3.63, 3.8) is 0 Å². The lowest BCUT2D eigenvalue weighted by Gasteiger charge is -2.15. The van der Waals surface area contributed by atoms with Gasteiger partial charge in [-0.1, -0.05) is 6.92 Å². The number of ether oxygens (including phenoxy) is 1. The fraction of sp³-hybridized carbons (Fsp3) is 0.462. The van der Waals surface area contributed by atoms with Crippen molar-refractivity contribution in [2.24, 2.45) is 0 Å². The Labute approximate surface area is 103 Å². The van der Waals surface area contributed by atoms with E-state index < -0.39 is 0 Å². The molecule has 0 amide bonds. The lowest BCUT2D eigenvalue weighted by atomic mass is 10.2. The normalized spacial score (nSPS) is 10.1. The minimum atomic E-state index is 0.643. The van der Waals surface area contributed by atoms with Crippen LogP contribution in [0, 0.1) is 11.3 Å². The Kier molecular flexibility index (Phi) is 5.31. The first kappa shape index (κ1) is 13.3. The zero-order valence-corrected chi connectivity index (χ0v) is 10.7. The van der Waals surface area contributed by atoms with Gasteiger partial charge in [-0.15, -0.1) is 0 Å². The minimum Gasteiger partial charge on any atom is -0.497 e. The van der Waals surface area contributed by atoms with Gasteiger partial charge in [-0.3, -0.25) is 0 Å². The molecule has 0 spiro atoms. The van der Waals surface area contributed by atoms with Gasteiger partial charge in [-0.2, -0.15) is 5.26 Å². The van der Waals surface area contributed by atoms with Crippen molar-refractivity contribution in [2.45, 2.75) is 6.92 Å². The van der Waals surface area contributed by atoms with E-state index in [4.69, 9.17) is 10.00 Å². The van der Waals surface area contributed by atoms with Gasteiger partial charge in [0.2, 0.25) is 0 Å². The zero-order valence-electron chi connectivity index (χ0n) is 10.7. The number of hydrogen-bond acceptors (Lipinski definition) is 4. The Morgan fingerprint density at radius 3 is 2.82 bits per heavy atom. The summed E-state index contributed by atoms with van der Waals surface area (Å²) in [6.45, 7) is 4.89. The third-order valence-electron chi connectivity index (χ3n) is 2.70. The number of benzene rings is 1. The molecule has 0 heterocycles. The molecule has 1 rings (SSSR count). The molecule has 0 fully saturated rings. The summed E-state index contributed by atoms with van der Waals surface area (Å²) in [6, 6.07) is 7.58. The lowest BCUT2D eigenvalue weighted by molar-refractivity contribution is 0.367. The summed E-state index contributed by atoms with van der Waals surface area (Å²) in [4.78, 5) is 2.21. The maximum atomic E-state index is 9.00. The van der Waals surface area contributed by atoms with Gasteiger partial charge in [-0.05, 0) is 25.7 Å². The van der Waals surface area contributed by atoms with Crippen molar-refractivity contribution >= 4 is 5.69 Å². The molecule has 0 saturated carbocycles. The van der Waals surface area contributed by atoms with Crippen LogP contribution >= 0.6 is 0 Å². The Morgan fingerprint density at radius 2 is 2.24 bits per heavy atom. The molecule has 1 aromatic carbocycles. The van der Waals surface area contributed by atoms with Crippen LogP contribution in [0.4, 0.5) is 5.69 Å². The van der Waals surface area contributed by atoms with E-state index in [0.29, 0.717) is 5.56 Å². The fourth-order valence-corrected chi connectivity index (χ4v) is 1.43. The maximum Gasteiger partial charge on any atom is 0.121 e. The average Bonchev–Trinajstić information content (AvgIpc) is 2.38. The van der Waals surface area contributed by atoms with E-state index >= 15 is 0 Å². The molecule has 0 bridgehead atoms. The fourth-order valence-electron chi connectivity index (χ4n) is 1.43. The van der Waals surface area contributed by atoms with Crippen LogP contribution in [0.5, 0.6) is 5.75 Å². The van der Waals surface area contributed by atoms with Crippen molar-refractivity contribution in [3.8, 4) is 11.8 Å². The summed E-state index contributed by atoms with van der Waals surface area (Å²) in [5.74, 6) is 0.760. The number of hydrogen-bond donors (Lipinski definition) is 1. The zero-order chi connectivity index (χ0) is 12.7. The van der Waals surface area contributed by atoms with Crippen molar-refractivity contribution in [3.05, 3.63) is 23.8 Å². The van der Waals surface area contributed by atoms with Crippen molar-refractivity contribution in [1.82, 2.24) is 4.90 Å². The highest BCUT2D eigenvalue weighted by Crippen LogP contribution is 2.21. The second-order valence-corrected chi connectivity index (χ2v) is 3.85. The molecule has 0 aliphatic heterocycles. The van der Waals surface area contributed by atoms with Crippen LogP contribution in [0.25, 0.3) is 0 Å². The molecule has 4 heteroatoms. The molecular formula is C13H19N3O. The number of nitriles is 1. The Balaban J connectivity index is 2.65. The molecular weight excluding hydrogens is 214 g/mol. The van der Waals surface area contributed by atoms with Crippen LogP contribution in [0.2, 0.25) is 0 Å². The van der Waals surface area contributed by atoms with E-state index in [9.17, 15) is 0 Å². The SMILES string of the molecule is CCN(C)CCNc1cc(OC)ccc1C#N. The maximum absolute atomic E-state index is 9.00. The van der Waals surface area contributed by atoms with Gasteiger partial charge in [0.05, 0.1) is 18.4 Å². The van der Waals surface area contributed by atoms with Gasteiger partial charge in [-0.25, -0.2) is 0 Å². The van der Waals surface area contributed by atoms with Crippen molar-refractivity contribution < 1.29 is 4.74 Å². The second-order valence-electron chi connectivity index (χ2n) is 3.85. The van der Waals surface area contributed by atoms with Gasteiger partial charge < -0.3 is 15.0 Å². The Morgan fingerprint density at radius 1 is 1.47 bits per heavy atom. The number of nitrogens with one attached hydrogen (secondary N) is 1. The molecule has 1 aromatic rings. The molecule has 1 N–H and O–H groups in total. The second kappa shape index (κ2) is 6.77. The van der Waals surface area contributed by atoms with E-state index in [1.807, 2.05) is 6.07 Å². The lowest BCUT2D eigenvalue weighted by Crippen LogP contribution is -2.24. The molecule has 0 unspecified atom stereocenters. The number of likely N-dealkylation sites (N-methyl/N-ethyl adjacent to an activating group) is 1. The van der Waals surface area contributed by atoms with Crippen molar-refractivity contribution in [1.29, 1.82) is 5.26 Å². The molecule has 0 radical (unpaired) electrons. The van der Waals surface area contributed by atoms with E-state index in [2.05, 4.69) is 30.3 Å². The number of anilines is 1. The highest BCUT2D eigenvalue weighted by Gasteiger charge is 2.03. The van der Waals surface area contributed by atoms with Gasteiger partial charge >= 0.3 is 0 Å². The first-order valence-electron chi connectivity index (χ1n) is 5.71. The van der Waals surface area contributed by atoms with Gasteiger partial charge in [0.15, 0.2) is 0 Å². The van der Waals surface area contributed by atoms with Crippen LogP contribution in [-0.2, 0) is 0 Å². The highest BCUT2D eigenvalue weighted by atomic mass is 16.5. The molecule has 0 saturated heterocycles. The van der Waals surface area contributed by atoms with Crippen LogP contribution < -0.4 is 10.1 Å². The van der Waals surface area contributed by atoms with Gasteiger partial charge in [0, 0.05) is 19.2 Å². The van der Waals surface area contributed by atoms with Crippen LogP contribution in [0.15, 0.2) is 18.2 Å². The van der Waals surface area contributed by atoms with Gasteiger partial charge in [0.25, 0.3) is 0 Å². The molecule has 0 aromatic heterocycles. The summed E-state index contributed by atoms with van der Waals surface area (Å²) in [6.07, 6.45) is 0. The summed E-state index contributed by atoms with van der Waals surface area (Å²) in [5.41, 5.74) is 1.47. The van der Waals surface area contributed by atoms with Crippen LogP contribution in [0.3, 0.4) is 0 Å². The number of methoxy groups -OCH3 is 1. The predicted molar refractivity (Wildman–Crippen MR) is 69.4 cm³/mol. The summed E-state index contributed by atoms with van der Waals surface area (Å²) in [7, 11) is 3.69. The summed E-state index contributed by atoms with van der Waals surface area (Å²) >= 11 is 0. The van der Waals surface area contributed by atoms with E-state index in [1.54, 1.807) is 19.2 Å². The Bertz CT molecular complexity index is 398. The molecule has 0 aliphatic carbocycles. The number of nitrogens with zero attached hydrogens (tertiary/aromatic N) is 2. The summed E-state index contributed by atoms with van der Waals surface area (Å²) in [5, 5.41) is 12.3. The van der Waals surface area contributed by atoms with Crippen LogP contribution in [0.1, 0.15) is 12.5 Å². The minimum absolute atomic E-state index is 0.643. The van der Waals surface area contributed by atoms with Crippen LogP contribution in [-0.4, -0.2) is 38.7 Å². The number of rotatable bonds is 6.